The Morgan fingerprint density at radius 3 is 2.58 bits per heavy atom. The van der Waals surface area contributed by atoms with Crippen molar-refractivity contribution in [2.24, 2.45) is 0 Å². The van der Waals surface area contributed by atoms with Crippen LogP contribution in [0.2, 0.25) is 0 Å². The van der Waals surface area contributed by atoms with E-state index in [1.54, 1.807) is 29.4 Å². The lowest BCUT2D eigenvalue weighted by molar-refractivity contribution is -0.145. The molecule has 3 amide bonds. The molecule has 1 atom stereocenters. The second-order valence-electron chi connectivity index (χ2n) is 8.33. The van der Waals surface area contributed by atoms with E-state index in [1.807, 2.05) is 25.1 Å². The molecule has 2 aliphatic heterocycles. The molecule has 2 aromatic rings. The van der Waals surface area contributed by atoms with Crippen molar-refractivity contribution >= 4 is 29.4 Å². The number of carbonyl (C=O) groups excluding carboxylic acids is 3. The van der Waals surface area contributed by atoms with Gasteiger partial charge in [-0.3, -0.25) is 19.3 Å². The fourth-order valence-electron chi connectivity index (χ4n) is 4.17. The molecule has 0 bridgehead atoms. The van der Waals surface area contributed by atoms with Crippen LogP contribution in [0.25, 0.3) is 0 Å². The predicted octanol–water partition coefficient (Wildman–Crippen LogP) is 0.263. The summed E-state index contributed by atoms with van der Waals surface area (Å²) in [6.45, 7) is 5.78. The maximum atomic E-state index is 13.1. The van der Waals surface area contributed by atoms with Crippen molar-refractivity contribution in [2.75, 3.05) is 56.0 Å². The fraction of sp³-hybridized carbons (Fsp3) is 0.435. The number of aromatic nitrogens is 2. The molecule has 3 heterocycles. The van der Waals surface area contributed by atoms with E-state index in [1.165, 1.54) is 0 Å². The number of aryl methyl sites for hydroxylation is 1. The van der Waals surface area contributed by atoms with Gasteiger partial charge in [0.05, 0.1) is 13.0 Å². The van der Waals surface area contributed by atoms with Crippen LogP contribution in [-0.4, -0.2) is 89.3 Å². The van der Waals surface area contributed by atoms with Crippen molar-refractivity contribution in [3.05, 3.63) is 48.3 Å². The van der Waals surface area contributed by atoms with Crippen molar-refractivity contribution < 1.29 is 14.4 Å². The van der Waals surface area contributed by atoms with Gasteiger partial charge in [-0.1, -0.05) is 12.1 Å². The second-order valence-corrected chi connectivity index (χ2v) is 8.33. The van der Waals surface area contributed by atoms with Gasteiger partial charge in [-0.2, -0.15) is 0 Å². The Morgan fingerprint density at radius 1 is 1.09 bits per heavy atom. The molecule has 174 valence electrons. The number of benzene rings is 1. The molecule has 1 aromatic carbocycles. The molecule has 0 saturated carbocycles. The van der Waals surface area contributed by atoms with Gasteiger partial charge >= 0.3 is 0 Å². The minimum atomic E-state index is -0.810. The molecule has 10 heteroatoms. The number of hydrogen-bond acceptors (Lipinski definition) is 7. The summed E-state index contributed by atoms with van der Waals surface area (Å²) in [5.74, 6) is -0.0320. The number of nitrogens with zero attached hydrogens (tertiary/aromatic N) is 5. The van der Waals surface area contributed by atoms with Crippen LogP contribution >= 0.6 is 0 Å². The van der Waals surface area contributed by atoms with E-state index in [9.17, 15) is 14.4 Å². The molecule has 0 spiro atoms. The Kier molecular flexibility index (Phi) is 7.13. The molecular weight excluding hydrogens is 422 g/mol. The predicted molar refractivity (Wildman–Crippen MR) is 124 cm³/mol. The van der Waals surface area contributed by atoms with Gasteiger partial charge in [-0.15, -0.1) is 0 Å². The Hall–Kier alpha value is -3.53. The van der Waals surface area contributed by atoms with Gasteiger partial charge in [0.15, 0.2) is 0 Å². The van der Waals surface area contributed by atoms with Gasteiger partial charge < -0.3 is 20.4 Å². The Morgan fingerprint density at radius 2 is 1.85 bits per heavy atom. The average molecular weight is 452 g/mol. The molecule has 2 aliphatic rings. The van der Waals surface area contributed by atoms with Crippen LogP contribution in [0.15, 0.2) is 42.7 Å². The largest absolute Gasteiger partial charge is 0.353 e. The molecule has 0 unspecified atom stereocenters. The van der Waals surface area contributed by atoms with Crippen molar-refractivity contribution in [1.82, 2.24) is 25.1 Å². The normalized spacial score (nSPS) is 19.2. The standard InChI is InChI=1S/C23H29N7O3/c1-17-4-2-5-18(14-17)27-20(31)15-19-22(33)24-8-9-30(19)21(32)16-28-10-12-29(13-11-28)23-25-6-3-7-26-23/h2-7,14,19H,8-13,15-16H2,1H3,(H,24,33)(H,27,31)/t19-/m0/s1. The lowest BCUT2D eigenvalue weighted by Gasteiger charge is -2.38. The molecule has 2 saturated heterocycles. The van der Waals surface area contributed by atoms with Gasteiger partial charge in [0.2, 0.25) is 23.7 Å². The van der Waals surface area contributed by atoms with E-state index in [0.29, 0.717) is 37.8 Å². The van der Waals surface area contributed by atoms with Crippen LogP contribution < -0.4 is 15.5 Å². The monoisotopic (exact) mass is 451 g/mol. The number of anilines is 2. The zero-order valence-electron chi connectivity index (χ0n) is 18.7. The minimum absolute atomic E-state index is 0.0787. The third-order valence-corrected chi connectivity index (χ3v) is 5.90. The fourth-order valence-corrected chi connectivity index (χ4v) is 4.17. The topological polar surface area (TPSA) is 111 Å². The first-order valence-electron chi connectivity index (χ1n) is 11.2. The number of rotatable bonds is 6. The van der Waals surface area contributed by atoms with Gasteiger partial charge in [0.1, 0.15) is 6.04 Å². The summed E-state index contributed by atoms with van der Waals surface area (Å²) >= 11 is 0. The van der Waals surface area contributed by atoms with E-state index >= 15 is 0 Å². The Balaban J connectivity index is 1.32. The highest BCUT2D eigenvalue weighted by Gasteiger charge is 2.35. The molecule has 2 N–H and O–H groups in total. The zero-order valence-corrected chi connectivity index (χ0v) is 18.7. The van der Waals surface area contributed by atoms with Crippen LogP contribution in [0.1, 0.15) is 12.0 Å². The van der Waals surface area contributed by atoms with Crippen molar-refractivity contribution in [2.45, 2.75) is 19.4 Å². The van der Waals surface area contributed by atoms with Gasteiger partial charge in [-0.05, 0) is 30.7 Å². The Bertz CT molecular complexity index is 993. The molecule has 0 radical (unpaired) electrons. The van der Waals surface area contributed by atoms with Crippen LogP contribution in [0.5, 0.6) is 0 Å². The summed E-state index contributed by atoms with van der Waals surface area (Å²) in [5.41, 5.74) is 1.70. The minimum Gasteiger partial charge on any atom is -0.353 e. The second kappa shape index (κ2) is 10.4. The first-order valence-corrected chi connectivity index (χ1v) is 11.2. The molecule has 2 fully saturated rings. The molecule has 0 aliphatic carbocycles. The van der Waals surface area contributed by atoms with Gasteiger partial charge in [-0.25, -0.2) is 9.97 Å². The maximum Gasteiger partial charge on any atom is 0.243 e. The number of carbonyl (C=O) groups is 3. The molecule has 4 rings (SSSR count). The van der Waals surface area contributed by atoms with E-state index < -0.39 is 6.04 Å². The first-order chi connectivity index (χ1) is 16.0. The highest BCUT2D eigenvalue weighted by atomic mass is 16.2. The summed E-state index contributed by atoms with van der Waals surface area (Å²) in [6.07, 6.45) is 3.36. The lowest BCUT2D eigenvalue weighted by atomic mass is 10.1. The Labute approximate surface area is 193 Å². The molecular formula is C23H29N7O3. The van der Waals surface area contributed by atoms with Crippen LogP contribution in [0.4, 0.5) is 11.6 Å². The summed E-state index contributed by atoms with van der Waals surface area (Å²) < 4.78 is 0. The number of piperazine rings is 2. The highest BCUT2D eigenvalue weighted by Crippen LogP contribution is 2.15. The summed E-state index contributed by atoms with van der Waals surface area (Å²) in [5, 5.41) is 5.60. The van der Waals surface area contributed by atoms with Crippen LogP contribution in [0, 0.1) is 6.92 Å². The smallest absolute Gasteiger partial charge is 0.243 e. The number of amides is 3. The first kappa shape index (κ1) is 22.7. The third kappa shape index (κ3) is 5.83. The zero-order chi connectivity index (χ0) is 23.2. The van der Waals surface area contributed by atoms with Crippen molar-refractivity contribution in [3.63, 3.8) is 0 Å². The summed E-state index contributed by atoms with van der Waals surface area (Å²) in [6, 6.07) is 8.44. The number of hydrogen-bond donors (Lipinski definition) is 2. The quantitative estimate of drug-likeness (QED) is 0.648. The van der Waals surface area contributed by atoms with Crippen molar-refractivity contribution in [3.8, 4) is 0 Å². The maximum absolute atomic E-state index is 13.1. The van der Waals surface area contributed by atoms with Crippen molar-refractivity contribution in [1.29, 1.82) is 0 Å². The molecule has 10 nitrogen and oxygen atoms in total. The average Bonchev–Trinajstić information content (AvgIpc) is 2.81. The summed E-state index contributed by atoms with van der Waals surface area (Å²) in [4.78, 5) is 52.5. The van der Waals surface area contributed by atoms with E-state index in [4.69, 9.17) is 0 Å². The van der Waals surface area contributed by atoms with E-state index in [2.05, 4.69) is 30.4 Å². The SMILES string of the molecule is Cc1cccc(NC(=O)C[C@H]2C(=O)NCCN2C(=O)CN2CCN(c3ncccn3)CC2)c1. The highest BCUT2D eigenvalue weighted by molar-refractivity contribution is 5.97. The summed E-state index contributed by atoms with van der Waals surface area (Å²) in [7, 11) is 0. The van der Waals surface area contributed by atoms with E-state index in [0.717, 1.165) is 18.7 Å². The van der Waals surface area contributed by atoms with Gasteiger partial charge in [0, 0.05) is 57.3 Å². The molecule has 1 aromatic heterocycles. The van der Waals surface area contributed by atoms with Crippen LogP contribution in [0.3, 0.4) is 0 Å². The number of nitrogens with one attached hydrogen (secondary N) is 2. The third-order valence-electron chi connectivity index (χ3n) is 5.90. The lowest BCUT2D eigenvalue weighted by Crippen LogP contribution is -2.60. The van der Waals surface area contributed by atoms with Gasteiger partial charge in [0.25, 0.3) is 0 Å². The van der Waals surface area contributed by atoms with E-state index in [-0.39, 0.29) is 30.7 Å². The molecule has 33 heavy (non-hydrogen) atoms. The van der Waals surface area contributed by atoms with Crippen LogP contribution in [-0.2, 0) is 14.4 Å².